The van der Waals surface area contributed by atoms with Crippen LogP contribution in [0, 0.1) is 0 Å². The zero-order valence-electron chi connectivity index (χ0n) is 15.2. The van der Waals surface area contributed by atoms with E-state index in [-0.39, 0.29) is 25.6 Å². The summed E-state index contributed by atoms with van der Waals surface area (Å²) in [4.78, 5) is 24.3. The van der Waals surface area contributed by atoms with Crippen LogP contribution in [-0.4, -0.2) is 30.3 Å². The molecule has 1 aliphatic heterocycles. The second kappa shape index (κ2) is 7.72. The number of amides is 2. The Hall–Kier alpha value is -3.72. The maximum Gasteiger partial charge on any atom is 0.309 e. The first-order valence-corrected chi connectivity index (χ1v) is 8.80. The molecular formula is C20H18N2O7. The van der Waals surface area contributed by atoms with E-state index in [1.165, 1.54) is 18.8 Å². The Morgan fingerprint density at radius 1 is 1.03 bits per heavy atom. The van der Waals surface area contributed by atoms with Crippen LogP contribution in [-0.2, 0) is 21.7 Å². The van der Waals surface area contributed by atoms with E-state index in [9.17, 15) is 14.7 Å². The van der Waals surface area contributed by atoms with Gasteiger partial charge in [0.15, 0.2) is 17.1 Å². The van der Waals surface area contributed by atoms with Gasteiger partial charge < -0.3 is 34.0 Å². The molecule has 1 unspecified atom stereocenters. The summed E-state index contributed by atoms with van der Waals surface area (Å²) in [7, 11) is 0. The lowest BCUT2D eigenvalue weighted by Crippen LogP contribution is -2.46. The number of furan rings is 2. The van der Waals surface area contributed by atoms with Crippen LogP contribution in [0.4, 0.5) is 0 Å². The fourth-order valence-corrected chi connectivity index (χ4v) is 2.95. The van der Waals surface area contributed by atoms with Gasteiger partial charge in [-0.15, -0.1) is 0 Å². The molecule has 1 aliphatic rings. The molecule has 0 bridgehead atoms. The monoisotopic (exact) mass is 398 g/mol. The van der Waals surface area contributed by atoms with E-state index < -0.39 is 17.4 Å². The van der Waals surface area contributed by atoms with E-state index in [4.69, 9.17) is 18.3 Å². The van der Waals surface area contributed by atoms with Crippen molar-refractivity contribution in [3.05, 3.63) is 72.1 Å². The van der Waals surface area contributed by atoms with Crippen LogP contribution in [0.15, 0.2) is 64.0 Å². The van der Waals surface area contributed by atoms with Crippen molar-refractivity contribution in [2.24, 2.45) is 0 Å². The Morgan fingerprint density at radius 2 is 1.86 bits per heavy atom. The number of fused-ring (bicyclic) bond motifs is 1. The van der Waals surface area contributed by atoms with Crippen LogP contribution in [0.3, 0.4) is 0 Å². The first kappa shape index (κ1) is 18.6. The number of rotatable bonds is 6. The molecule has 29 heavy (non-hydrogen) atoms. The third-order valence-corrected chi connectivity index (χ3v) is 4.53. The fourth-order valence-electron chi connectivity index (χ4n) is 2.95. The maximum absolute atomic E-state index is 12.2. The van der Waals surface area contributed by atoms with Crippen molar-refractivity contribution in [2.45, 2.75) is 12.1 Å². The zero-order chi connectivity index (χ0) is 20.3. The van der Waals surface area contributed by atoms with Crippen molar-refractivity contribution in [3.8, 4) is 11.5 Å². The summed E-state index contributed by atoms with van der Waals surface area (Å²) < 4.78 is 20.8. The van der Waals surface area contributed by atoms with Crippen LogP contribution in [0.1, 0.15) is 16.9 Å². The number of ether oxygens (including phenoxy) is 2. The van der Waals surface area contributed by atoms with Gasteiger partial charge in [0.05, 0.1) is 25.3 Å². The highest BCUT2D eigenvalue weighted by molar-refractivity contribution is 6.35. The first-order valence-electron chi connectivity index (χ1n) is 8.80. The number of benzene rings is 1. The van der Waals surface area contributed by atoms with Crippen molar-refractivity contribution >= 4 is 11.8 Å². The Kier molecular flexibility index (Phi) is 4.96. The van der Waals surface area contributed by atoms with Gasteiger partial charge in [0, 0.05) is 12.1 Å². The molecule has 0 saturated heterocycles. The van der Waals surface area contributed by atoms with E-state index in [0.717, 1.165) is 5.56 Å². The summed E-state index contributed by atoms with van der Waals surface area (Å²) in [5, 5.41) is 16.0. The van der Waals surface area contributed by atoms with E-state index in [0.29, 0.717) is 17.1 Å². The van der Waals surface area contributed by atoms with Gasteiger partial charge in [-0.1, -0.05) is 6.07 Å². The third-order valence-electron chi connectivity index (χ3n) is 4.53. The van der Waals surface area contributed by atoms with Crippen molar-refractivity contribution < 1.29 is 33.0 Å². The van der Waals surface area contributed by atoms with Gasteiger partial charge in [-0.3, -0.25) is 9.59 Å². The lowest BCUT2D eigenvalue weighted by atomic mass is 9.93. The topological polar surface area (TPSA) is 123 Å². The molecule has 3 N–H and O–H groups in total. The Balaban J connectivity index is 1.36. The van der Waals surface area contributed by atoms with Gasteiger partial charge in [0.25, 0.3) is 0 Å². The van der Waals surface area contributed by atoms with Gasteiger partial charge in [-0.25, -0.2) is 0 Å². The second-order valence-corrected chi connectivity index (χ2v) is 6.40. The highest BCUT2D eigenvalue weighted by atomic mass is 16.7. The lowest BCUT2D eigenvalue weighted by Gasteiger charge is -2.25. The molecule has 0 spiro atoms. The highest BCUT2D eigenvalue weighted by Crippen LogP contribution is 2.32. The SMILES string of the molecule is O=C(NCc1ccc2c(c1)OCO2)C(=O)NCC(O)(c1ccoc1)c1ccco1. The normalized spacial score (nSPS) is 14.2. The van der Waals surface area contributed by atoms with Crippen LogP contribution >= 0.6 is 0 Å². The minimum Gasteiger partial charge on any atom is -0.472 e. The van der Waals surface area contributed by atoms with Crippen molar-refractivity contribution in [1.29, 1.82) is 0 Å². The summed E-state index contributed by atoms with van der Waals surface area (Å²) in [6, 6.07) is 9.96. The molecule has 0 saturated carbocycles. The predicted octanol–water partition coefficient (Wildman–Crippen LogP) is 1.27. The van der Waals surface area contributed by atoms with Crippen molar-refractivity contribution in [2.75, 3.05) is 13.3 Å². The number of nitrogens with one attached hydrogen (secondary N) is 2. The van der Waals surface area contributed by atoms with E-state index >= 15 is 0 Å². The third kappa shape index (κ3) is 3.81. The van der Waals surface area contributed by atoms with Crippen LogP contribution in [0.5, 0.6) is 11.5 Å². The summed E-state index contributed by atoms with van der Waals surface area (Å²) >= 11 is 0. The van der Waals surface area contributed by atoms with Gasteiger partial charge >= 0.3 is 11.8 Å². The van der Waals surface area contributed by atoms with Crippen molar-refractivity contribution in [3.63, 3.8) is 0 Å². The van der Waals surface area contributed by atoms with Crippen LogP contribution < -0.4 is 20.1 Å². The number of hydrogen-bond acceptors (Lipinski definition) is 7. The number of hydrogen-bond donors (Lipinski definition) is 3. The molecule has 150 valence electrons. The smallest absolute Gasteiger partial charge is 0.309 e. The molecule has 9 heteroatoms. The minimum atomic E-state index is -1.68. The van der Waals surface area contributed by atoms with Gasteiger partial charge in [0.1, 0.15) is 5.76 Å². The molecule has 1 atom stereocenters. The largest absolute Gasteiger partial charge is 0.472 e. The standard InChI is InChI=1S/C20H18N2O7/c23-18(21-9-13-3-4-15-16(8-13)29-12-28-15)19(24)22-11-20(25,14-5-7-26-10-14)17-2-1-6-27-17/h1-8,10,25H,9,11-12H2,(H,21,23)(H,22,24). The lowest BCUT2D eigenvalue weighted by molar-refractivity contribution is -0.139. The molecule has 3 aromatic rings. The molecule has 0 aliphatic carbocycles. The molecule has 0 fully saturated rings. The summed E-state index contributed by atoms with van der Waals surface area (Å²) in [6.45, 7) is 0.00614. The first-order chi connectivity index (χ1) is 14.1. The predicted molar refractivity (Wildman–Crippen MR) is 97.8 cm³/mol. The molecule has 9 nitrogen and oxygen atoms in total. The van der Waals surface area contributed by atoms with Gasteiger partial charge in [-0.2, -0.15) is 0 Å². The molecular weight excluding hydrogens is 380 g/mol. The summed E-state index contributed by atoms with van der Waals surface area (Å²) in [5.74, 6) is -0.296. The molecule has 4 rings (SSSR count). The quantitative estimate of drug-likeness (QED) is 0.534. The Bertz CT molecular complexity index is 962. The Morgan fingerprint density at radius 3 is 2.62 bits per heavy atom. The van der Waals surface area contributed by atoms with E-state index in [1.807, 2.05) is 0 Å². The zero-order valence-corrected chi connectivity index (χ0v) is 15.2. The Labute approximate surface area is 165 Å². The molecule has 2 aromatic heterocycles. The fraction of sp³-hybridized carbons (Fsp3) is 0.200. The molecule has 1 aromatic carbocycles. The minimum absolute atomic E-state index is 0.132. The average molecular weight is 398 g/mol. The second-order valence-electron chi connectivity index (χ2n) is 6.40. The molecule has 2 amide bonds. The average Bonchev–Trinajstić information content (AvgIpc) is 3.51. The maximum atomic E-state index is 12.2. The van der Waals surface area contributed by atoms with Crippen LogP contribution in [0.25, 0.3) is 0 Å². The summed E-state index contributed by atoms with van der Waals surface area (Å²) in [5.41, 5.74) is -0.543. The number of aliphatic hydroxyl groups is 1. The van der Waals surface area contributed by atoms with E-state index in [2.05, 4.69) is 10.6 Å². The van der Waals surface area contributed by atoms with Crippen molar-refractivity contribution in [1.82, 2.24) is 10.6 Å². The van der Waals surface area contributed by atoms with Gasteiger partial charge in [0.2, 0.25) is 6.79 Å². The number of carbonyl (C=O) groups excluding carboxylic acids is 2. The summed E-state index contributed by atoms with van der Waals surface area (Å²) in [6.07, 6.45) is 4.14. The van der Waals surface area contributed by atoms with Gasteiger partial charge in [-0.05, 0) is 35.9 Å². The molecule has 3 heterocycles. The highest BCUT2D eigenvalue weighted by Gasteiger charge is 2.36. The van der Waals surface area contributed by atoms with Crippen LogP contribution in [0.2, 0.25) is 0 Å². The van der Waals surface area contributed by atoms with E-state index in [1.54, 1.807) is 36.4 Å². The molecule has 0 radical (unpaired) electrons. The number of carbonyl (C=O) groups is 2.